The van der Waals surface area contributed by atoms with E-state index in [-0.39, 0.29) is 11.5 Å². The van der Waals surface area contributed by atoms with Gasteiger partial charge in [0.2, 0.25) is 0 Å². The van der Waals surface area contributed by atoms with E-state index in [1.165, 1.54) is 0 Å². The fourth-order valence-electron chi connectivity index (χ4n) is 1.13. The third-order valence-electron chi connectivity index (χ3n) is 1.72. The lowest BCUT2D eigenvalue weighted by atomic mass is 10.3. The van der Waals surface area contributed by atoms with Crippen LogP contribution in [0.25, 0.3) is 11.0 Å². The fourth-order valence-corrected chi connectivity index (χ4v) is 1.88. The Bertz CT molecular complexity index is 633. The lowest BCUT2D eigenvalue weighted by Crippen LogP contribution is -2.04. The van der Waals surface area contributed by atoms with Gasteiger partial charge < -0.3 is 5.73 Å². The molecular weight excluding hydrogens is 293 g/mol. The quantitative estimate of drug-likeness (QED) is 0.812. The van der Waals surface area contributed by atoms with Gasteiger partial charge in [-0.15, -0.1) is 0 Å². The van der Waals surface area contributed by atoms with E-state index in [1.54, 1.807) is 0 Å². The molecule has 2 N–H and O–H groups in total. The van der Waals surface area contributed by atoms with E-state index >= 15 is 0 Å². The highest BCUT2D eigenvalue weighted by molar-refractivity contribution is 14.1. The van der Waals surface area contributed by atoms with Crippen LogP contribution in [0.4, 0.5) is 5.82 Å². The summed E-state index contributed by atoms with van der Waals surface area (Å²) in [5.74, 6) is 0.125. The third kappa shape index (κ3) is 1.33. The summed E-state index contributed by atoms with van der Waals surface area (Å²) in [5.41, 5.74) is 5.79. The normalized spacial score (nSPS) is 19.6. The van der Waals surface area contributed by atoms with Crippen molar-refractivity contribution in [1.82, 2.24) is 19.7 Å². The minimum Gasteiger partial charge on any atom is -0.383 e. The fraction of sp³-hybridized carbons (Fsp3) is 0.375. The standard InChI is InChI=1S/C8H10IN5/c1-4(2)14-8-5(6(9)13-14)7(10)11-3-12-8/h3-4H,1-2H3,(H2,10,11,12)/i1D3,2D3. The number of hydrogen-bond acceptors (Lipinski definition) is 4. The molecule has 0 spiro atoms. The van der Waals surface area contributed by atoms with Crippen molar-refractivity contribution < 1.29 is 8.22 Å². The maximum atomic E-state index is 7.46. The largest absolute Gasteiger partial charge is 0.383 e. The molecule has 0 atom stereocenters. The van der Waals surface area contributed by atoms with Crippen LogP contribution in [0.3, 0.4) is 0 Å². The number of nitrogen functional groups attached to an aromatic ring is 1. The molecule has 6 heteroatoms. The Morgan fingerprint density at radius 3 is 3.07 bits per heavy atom. The highest BCUT2D eigenvalue weighted by Gasteiger charge is 2.14. The Hall–Kier alpha value is -0.920. The van der Waals surface area contributed by atoms with E-state index in [9.17, 15) is 0 Å². The SMILES string of the molecule is [2H]C([2H])([2H])C(n1nc(I)c2c(N)ncnc21)C([2H])([2H])[2H]. The molecule has 0 aliphatic rings. The third-order valence-corrected chi connectivity index (χ3v) is 2.48. The molecule has 2 aromatic heterocycles. The molecule has 0 aliphatic heterocycles. The van der Waals surface area contributed by atoms with E-state index in [0.29, 0.717) is 9.09 Å². The zero-order chi connectivity index (χ0) is 15.3. The average molecular weight is 309 g/mol. The van der Waals surface area contributed by atoms with Gasteiger partial charge >= 0.3 is 0 Å². The molecule has 0 amide bonds. The van der Waals surface area contributed by atoms with Crippen LogP contribution < -0.4 is 5.73 Å². The first-order valence-corrected chi connectivity index (χ1v) is 4.75. The van der Waals surface area contributed by atoms with Gasteiger partial charge in [-0.25, -0.2) is 14.6 Å². The number of anilines is 1. The number of halogens is 1. The molecule has 2 rings (SSSR count). The Labute approximate surface area is 103 Å². The van der Waals surface area contributed by atoms with Crippen molar-refractivity contribution >= 4 is 39.4 Å². The predicted octanol–water partition coefficient (Wildman–Crippen LogP) is 1.59. The topological polar surface area (TPSA) is 69.6 Å². The van der Waals surface area contributed by atoms with Crippen LogP contribution >= 0.6 is 22.6 Å². The van der Waals surface area contributed by atoms with Crippen molar-refractivity contribution in [3.05, 3.63) is 10.0 Å². The molecule has 0 radical (unpaired) electrons. The first-order valence-electron chi connectivity index (χ1n) is 6.67. The zero-order valence-corrected chi connectivity index (χ0v) is 9.06. The zero-order valence-electron chi connectivity index (χ0n) is 12.9. The van der Waals surface area contributed by atoms with E-state index in [1.807, 2.05) is 22.6 Å². The maximum Gasteiger partial charge on any atom is 0.164 e. The van der Waals surface area contributed by atoms with Crippen LogP contribution in [0.2, 0.25) is 0 Å². The summed E-state index contributed by atoms with van der Waals surface area (Å²) in [6, 6.07) is -1.80. The van der Waals surface area contributed by atoms with Gasteiger partial charge in [0.15, 0.2) is 5.65 Å². The van der Waals surface area contributed by atoms with E-state index in [2.05, 4.69) is 15.1 Å². The molecule has 74 valence electrons. The van der Waals surface area contributed by atoms with Crippen molar-refractivity contribution in [2.45, 2.75) is 19.7 Å². The second-order valence-corrected chi connectivity index (χ2v) is 3.62. The summed E-state index contributed by atoms with van der Waals surface area (Å²) in [5, 5.41) is 4.34. The summed E-state index contributed by atoms with van der Waals surface area (Å²) in [7, 11) is 0. The van der Waals surface area contributed by atoms with Crippen molar-refractivity contribution in [3.8, 4) is 0 Å². The Morgan fingerprint density at radius 1 is 1.57 bits per heavy atom. The van der Waals surface area contributed by atoms with Crippen molar-refractivity contribution in [2.24, 2.45) is 0 Å². The van der Waals surface area contributed by atoms with E-state index < -0.39 is 19.7 Å². The monoisotopic (exact) mass is 309 g/mol. The summed E-state index contributed by atoms with van der Waals surface area (Å²) in [4.78, 5) is 7.71. The van der Waals surface area contributed by atoms with Crippen LogP contribution in [0.5, 0.6) is 0 Å². The second kappa shape index (κ2) is 3.34. The lowest BCUT2D eigenvalue weighted by molar-refractivity contribution is 0.543. The predicted molar refractivity (Wildman–Crippen MR) is 62.8 cm³/mol. The van der Waals surface area contributed by atoms with Gasteiger partial charge in [-0.3, -0.25) is 0 Å². The highest BCUT2D eigenvalue weighted by atomic mass is 127. The van der Waals surface area contributed by atoms with Crippen LogP contribution in [0, 0.1) is 3.70 Å². The Balaban J connectivity index is 2.77. The number of hydrogen-bond donors (Lipinski definition) is 1. The first-order chi connectivity index (χ1) is 9.03. The Morgan fingerprint density at radius 2 is 2.36 bits per heavy atom. The molecule has 14 heavy (non-hydrogen) atoms. The number of nitrogens with two attached hydrogens (primary N) is 1. The van der Waals surface area contributed by atoms with Crippen LogP contribution in [-0.2, 0) is 0 Å². The lowest BCUT2D eigenvalue weighted by Gasteiger charge is -2.05. The van der Waals surface area contributed by atoms with Gasteiger partial charge in [0, 0.05) is 14.3 Å². The van der Waals surface area contributed by atoms with Crippen molar-refractivity contribution in [2.75, 3.05) is 5.73 Å². The highest BCUT2D eigenvalue weighted by Crippen LogP contribution is 2.24. The molecule has 0 saturated carbocycles. The van der Waals surface area contributed by atoms with Gasteiger partial charge in [0.1, 0.15) is 15.8 Å². The molecule has 2 heterocycles. The number of fused-ring (bicyclic) bond motifs is 1. The Kier molecular flexibility index (Phi) is 1.13. The molecule has 0 bridgehead atoms. The molecule has 0 unspecified atom stereocenters. The molecule has 0 aromatic carbocycles. The van der Waals surface area contributed by atoms with Crippen LogP contribution in [0.1, 0.15) is 28.0 Å². The van der Waals surface area contributed by atoms with E-state index in [0.717, 1.165) is 11.0 Å². The number of nitrogens with zero attached hydrogens (tertiary/aromatic N) is 4. The molecule has 0 fully saturated rings. The first kappa shape index (κ1) is 4.73. The van der Waals surface area contributed by atoms with E-state index in [4.69, 9.17) is 14.0 Å². The molecule has 5 nitrogen and oxygen atoms in total. The summed E-state index contributed by atoms with van der Waals surface area (Å²) >= 11 is 1.83. The summed E-state index contributed by atoms with van der Waals surface area (Å²) in [6.07, 6.45) is 1.14. The number of aromatic nitrogens is 4. The summed E-state index contributed by atoms with van der Waals surface area (Å²) in [6.45, 7) is -5.51. The van der Waals surface area contributed by atoms with Crippen molar-refractivity contribution in [3.63, 3.8) is 0 Å². The van der Waals surface area contributed by atoms with Gasteiger partial charge in [-0.05, 0) is 36.3 Å². The summed E-state index contributed by atoms with van der Waals surface area (Å²) < 4.78 is 46.0. The minimum atomic E-state index is -2.76. The van der Waals surface area contributed by atoms with Gasteiger partial charge in [0.05, 0.1) is 5.39 Å². The average Bonchev–Trinajstić information content (AvgIpc) is 2.53. The van der Waals surface area contributed by atoms with Crippen LogP contribution in [-0.4, -0.2) is 19.7 Å². The smallest absolute Gasteiger partial charge is 0.164 e. The maximum absolute atomic E-state index is 7.46. The van der Waals surface area contributed by atoms with Crippen molar-refractivity contribution in [1.29, 1.82) is 0 Å². The molecule has 0 aliphatic carbocycles. The second-order valence-electron chi connectivity index (χ2n) is 2.60. The number of rotatable bonds is 1. The van der Waals surface area contributed by atoms with Gasteiger partial charge in [-0.2, -0.15) is 5.10 Å². The minimum absolute atomic E-state index is 0.0964. The molecule has 0 saturated heterocycles. The van der Waals surface area contributed by atoms with Gasteiger partial charge in [-0.1, -0.05) is 0 Å². The van der Waals surface area contributed by atoms with Crippen LogP contribution in [0.15, 0.2) is 6.33 Å². The molecule has 2 aromatic rings. The molecular formula is C8H10IN5. The van der Waals surface area contributed by atoms with Gasteiger partial charge in [0.25, 0.3) is 0 Å².